The van der Waals surface area contributed by atoms with E-state index < -0.39 is 0 Å². The normalized spacial score (nSPS) is 18.1. The summed E-state index contributed by atoms with van der Waals surface area (Å²) < 4.78 is 2.12. The molecule has 4 nitrogen and oxygen atoms in total. The number of hydrogen-bond donors (Lipinski definition) is 0. The second-order valence-electron chi connectivity index (χ2n) is 7.71. The molecule has 2 heterocycles. The Kier molecular flexibility index (Phi) is 3.97. The lowest BCUT2D eigenvalue weighted by atomic mass is 9.95. The van der Waals surface area contributed by atoms with E-state index in [0.717, 1.165) is 48.2 Å². The fourth-order valence-corrected chi connectivity index (χ4v) is 4.62. The van der Waals surface area contributed by atoms with E-state index in [1.165, 1.54) is 24.1 Å². The van der Waals surface area contributed by atoms with Crippen LogP contribution in [0.25, 0.3) is 11.4 Å². The summed E-state index contributed by atoms with van der Waals surface area (Å²) in [6, 6.07) is 17.0. The molecule has 2 aromatic carbocycles. The number of aromatic nitrogens is 3. The monoisotopic (exact) mass is 378 g/mol. The summed E-state index contributed by atoms with van der Waals surface area (Å²) >= 11 is 6.66. The maximum Gasteiger partial charge on any atom is 0.165 e. The fraction of sp³-hybridized carbons (Fsp3) is 0.364. The molecule has 5 rings (SSSR count). The van der Waals surface area contributed by atoms with Gasteiger partial charge in [-0.05, 0) is 49.4 Å². The smallest absolute Gasteiger partial charge is 0.165 e. The predicted octanol–water partition coefficient (Wildman–Crippen LogP) is 4.82. The minimum absolute atomic E-state index is 0.00320. The topological polar surface area (TPSA) is 34.0 Å². The molecule has 1 aliphatic heterocycles. The minimum Gasteiger partial charge on any atom is -0.371 e. The van der Waals surface area contributed by atoms with Gasteiger partial charge in [0.25, 0.3) is 0 Å². The SMILES string of the molecule is Cn1c(-c2ccc(N3CCCC3)cc2Cl)nnc1C1(c2ccccc2)CC1. The zero-order chi connectivity index (χ0) is 18.4. The van der Waals surface area contributed by atoms with Gasteiger partial charge >= 0.3 is 0 Å². The molecule has 27 heavy (non-hydrogen) atoms. The molecule has 2 fully saturated rings. The first-order valence-corrected chi connectivity index (χ1v) is 10.1. The molecule has 0 amide bonds. The van der Waals surface area contributed by atoms with Gasteiger partial charge in [0.15, 0.2) is 5.82 Å². The Bertz CT molecular complexity index is 969. The second-order valence-corrected chi connectivity index (χ2v) is 8.12. The quantitative estimate of drug-likeness (QED) is 0.653. The van der Waals surface area contributed by atoms with Crippen LogP contribution in [-0.4, -0.2) is 27.9 Å². The van der Waals surface area contributed by atoms with Crippen LogP contribution in [0.1, 0.15) is 37.1 Å². The molecule has 0 unspecified atom stereocenters. The van der Waals surface area contributed by atoms with Crippen molar-refractivity contribution >= 4 is 17.3 Å². The van der Waals surface area contributed by atoms with Crippen molar-refractivity contribution < 1.29 is 0 Å². The standard InChI is InChI=1S/C22H23ClN4/c1-26-20(18-10-9-17(15-19(18)23)27-13-5-6-14-27)24-25-21(26)22(11-12-22)16-7-3-2-4-8-16/h2-4,7-10,15H,5-6,11-14H2,1H3. The van der Waals surface area contributed by atoms with E-state index in [2.05, 4.69) is 75.2 Å². The molecule has 1 saturated heterocycles. The molecule has 1 aliphatic carbocycles. The van der Waals surface area contributed by atoms with E-state index in [1.54, 1.807) is 0 Å². The third-order valence-electron chi connectivity index (χ3n) is 6.04. The van der Waals surface area contributed by atoms with Crippen molar-refractivity contribution in [3.05, 3.63) is 64.9 Å². The van der Waals surface area contributed by atoms with Gasteiger partial charge in [-0.2, -0.15) is 0 Å². The molecular weight excluding hydrogens is 356 g/mol. The Labute approximate surface area is 164 Å². The lowest BCUT2D eigenvalue weighted by molar-refractivity contribution is 0.694. The third-order valence-corrected chi connectivity index (χ3v) is 6.36. The van der Waals surface area contributed by atoms with Gasteiger partial charge in [0, 0.05) is 31.4 Å². The molecule has 5 heteroatoms. The molecule has 2 aliphatic rings. The van der Waals surface area contributed by atoms with Crippen LogP contribution in [-0.2, 0) is 12.5 Å². The number of benzene rings is 2. The molecule has 0 N–H and O–H groups in total. The molecule has 3 aromatic rings. The number of anilines is 1. The summed E-state index contributed by atoms with van der Waals surface area (Å²) in [5.74, 6) is 1.87. The van der Waals surface area contributed by atoms with Gasteiger partial charge in [-0.25, -0.2) is 0 Å². The van der Waals surface area contributed by atoms with Crippen molar-refractivity contribution in [2.24, 2.45) is 7.05 Å². The Morgan fingerprint density at radius 1 is 0.963 bits per heavy atom. The van der Waals surface area contributed by atoms with Crippen LogP contribution in [0.5, 0.6) is 0 Å². The average molecular weight is 379 g/mol. The molecule has 138 valence electrons. The van der Waals surface area contributed by atoms with Crippen molar-refractivity contribution in [1.29, 1.82) is 0 Å². The highest BCUT2D eigenvalue weighted by Crippen LogP contribution is 2.53. The van der Waals surface area contributed by atoms with Crippen LogP contribution in [0, 0.1) is 0 Å². The molecule has 1 aromatic heterocycles. The van der Waals surface area contributed by atoms with E-state index >= 15 is 0 Å². The molecule has 0 bridgehead atoms. The number of nitrogens with zero attached hydrogens (tertiary/aromatic N) is 4. The van der Waals surface area contributed by atoms with Gasteiger partial charge in [0.05, 0.1) is 10.4 Å². The Balaban J connectivity index is 1.51. The summed E-state index contributed by atoms with van der Waals surface area (Å²) in [7, 11) is 2.05. The lowest BCUT2D eigenvalue weighted by Crippen LogP contribution is -2.17. The summed E-state index contributed by atoms with van der Waals surface area (Å²) in [5, 5.41) is 9.85. The number of hydrogen-bond acceptors (Lipinski definition) is 3. The first-order chi connectivity index (χ1) is 13.2. The fourth-order valence-electron chi connectivity index (χ4n) is 4.36. The van der Waals surface area contributed by atoms with Crippen LogP contribution in [0.2, 0.25) is 5.02 Å². The van der Waals surface area contributed by atoms with Gasteiger partial charge in [0.2, 0.25) is 0 Å². The van der Waals surface area contributed by atoms with E-state index in [1.807, 2.05) is 0 Å². The van der Waals surface area contributed by atoms with Crippen LogP contribution >= 0.6 is 11.6 Å². The van der Waals surface area contributed by atoms with Crippen LogP contribution in [0.3, 0.4) is 0 Å². The first kappa shape index (κ1) is 16.8. The maximum atomic E-state index is 6.66. The summed E-state index contributed by atoms with van der Waals surface area (Å²) in [6.45, 7) is 2.23. The molecule has 0 atom stereocenters. The molecular formula is C22H23ClN4. The maximum absolute atomic E-state index is 6.66. The molecule has 1 saturated carbocycles. The first-order valence-electron chi connectivity index (χ1n) is 9.69. The second kappa shape index (κ2) is 6.38. The summed E-state index contributed by atoms with van der Waals surface area (Å²) in [6.07, 6.45) is 4.75. The van der Waals surface area contributed by atoms with Crippen LogP contribution < -0.4 is 4.90 Å². The minimum atomic E-state index is 0.00320. The lowest BCUT2D eigenvalue weighted by Gasteiger charge is -2.19. The number of halogens is 1. The van der Waals surface area contributed by atoms with Gasteiger partial charge in [-0.15, -0.1) is 10.2 Å². The van der Waals surface area contributed by atoms with Gasteiger partial charge < -0.3 is 9.47 Å². The van der Waals surface area contributed by atoms with E-state index in [9.17, 15) is 0 Å². The van der Waals surface area contributed by atoms with Crippen molar-refractivity contribution in [1.82, 2.24) is 14.8 Å². The van der Waals surface area contributed by atoms with E-state index in [4.69, 9.17) is 11.6 Å². The Hall–Kier alpha value is -2.33. The molecule has 0 radical (unpaired) electrons. The van der Waals surface area contributed by atoms with Crippen LogP contribution in [0.15, 0.2) is 48.5 Å². The highest BCUT2D eigenvalue weighted by atomic mass is 35.5. The van der Waals surface area contributed by atoms with E-state index in [-0.39, 0.29) is 5.41 Å². The Morgan fingerprint density at radius 3 is 2.37 bits per heavy atom. The summed E-state index contributed by atoms with van der Waals surface area (Å²) in [5.41, 5.74) is 3.47. The van der Waals surface area contributed by atoms with Crippen molar-refractivity contribution in [3.63, 3.8) is 0 Å². The highest BCUT2D eigenvalue weighted by molar-refractivity contribution is 6.33. The van der Waals surface area contributed by atoms with Gasteiger partial charge in [-0.3, -0.25) is 0 Å². The largest absolute Gasteiger partial charge is 0.371 e. The third kappa shape index (κ3) is 2.74. The highest BCUT2D eigenvalue weighted by Gasteiger charge is 2.49. The van der Waals surface area contributed by atoms with Crippen molar-refractivity contribution in [2.75, 3.05) is 18.0 Å². The van der Waals surface area contributed by atoms with Gasteiger partial charge in [-0.1, -0.05) is 41.9 Å². The van der Waals surface area contributed by atoms with Gasteiger partial charge in [0.1, 0.15) is 5.82 Å². The predicted molar refractivity (Wildman–Crippen MR) is 109 cm³/mol. The average Bonchev–Trinajstić information content (AvgIpc) is 3.12. The zero-order valence-corrected chi connectivity index (χ0v) is 16.3. The Morgan fingerprint density at radius 2 is 1.70 bits per heavy atom. The zero-order valence-electron chi connectivity index (χ0n) is 15.5. The van der Waals surface area contributed by atoms with Crippen LogP contribution in [0.4, 0.5) is 5.69 Å². The van der Waals surface area contributed by atoms with Crippen molar-refractivity contribution in [3.8, 4) is 11.4 Å². The molecule has 0 spiro atoms. The number of rotatable bonds is 4. The van der Waals surface area contributed by atoms with Crippen molar-refractivity contribution in [2.45, 2.75) is 31.1 Å². The summed E-state index contributed by atoms with van der Waals surface area (Å²) in [4.78, 5) is 2.40. The van der Waals surface area contributed by atoms with E-state index in [0.29, 0.717) is 0 Å².